The maximum Gasteiger partial charge on any atom is 0.243 e. The van der Waals surface area contributed by atoms with Crippen LogP contribution in [0.4, 0.5) is 5.69 Å². The van der Waals surface area contributed by atoms with Crippen molar-refractivity contribution in [2.75, 3.05) is 37.6 Å². The van der Waals surface area contributed by atoms with Gasteiger partial charge >= 0.3 is 0 Å². The van der Waals surface area contributed by atoms with Crippen LogP contribution in [0.3, 0.4) is 0 Å². The highest BCUT2D eigenvalue weighted by atomic mass is 16.2. The van der Waals surface area contributed by atoms with Gasteiger partial charge < -0.3 is 10.6 Å². The fraction of sp³-hybridized carbons (Fsp3) is 0.467. The van der Waals surface area contributed by atoms with E-state index in [1.807, 2.05) is 23.1 Å². The number of nitrogens with zero attached hydrogens (tertiary/aromatic N) is 2. The molecule has 0 saturated carbocycles. The molecule has 0 spiro atoms. The second-order valence-corrected chi connectivity index (χ2v) is 5.30. The van der Waals surface area contributed by atoms with E-state index in [4.69, 9.17) is 5.73 Å². The Hall–Kier alpha value is -1.92. The Morgan fingerprint density at radius 1 is 1.19 bits per heavy atom. The maximum atomic E-state index is 11.7. The summed E-state index contributed by atoms with van der Waals surface area (Å²) in [5.41, 5.74) is 6.62. The molecule has 6 nitrogen and oxygen atoms in total. The third kappa shape index (κ3) is 4.54. The van der Waals surface area contributed by atoms with Gasteiger partial charge in [0.25, 0.3) is 0 Å². The first kappa shape index (κ1) is 15.5. The average molecular weight is 290 g/mol. The third-order valence-electron chi connectivity index (χ3n) is 3.54. The highest BCUT2D eigenvalue weighted by Crippen LogP contribution is 2.15. The van der Waals surface area contributed by atoms with E-state index in [0.717, 1.165) is 26.2 Å². The van der Waals surface area contributed by atoms with Crippen molar-refractivity contribution < 1.29 is 9.59 Å². The smallest absolute Gasteiger partial charge is 0.243 e. The first-order valence-corrected chi connectivity index (χ1v) is 7.18. The van der Waals surface area contributed by atoms with Crippen molar-refractivity contribution >= 4 is 17.5 Å². The molecule has 0 radical (unpaired) electrons. The first-order chi connectivity index (χ1) is 10.1. The van der Waals surface area contributed by atoms with Crippen molar-refractivity contribution in [1.29, 1.82) is 0 Å². The van der Waals surface area contributed by atoms with Crippen LogP contribution in [0.1, 0.15) is 6.92 Å². The molecule has 2 rings (SSSR count). The fourth-order valence-electron chi connectivity index (χ4n) is 2.30. The van der Waals surface area contributed by atoms with E-state index in [9.17, 15) is 9.59 Å². The lowest BCUT2D eigenvalue weighted by atomic mass is 10.2. The summed E-state index contributed by atoms with van der Waals surface area (Å²) in [6, 6.07) is 9.56. The molecule has 1 atom stereocenters. The second kappa shape index (κ2) is 7.19. The molecule has 1 unspecified atom stereocenters. The van der Waals surface area contributed by atoms with Gasteiger partial charge in [0.2, 0.25) is 11.8 Å². The number of amides is 2. The molecule has 0 aromatic heterocycles. The van der Waals surface area contributed by atoms with E-state index in [-0.39, 0.29) is 12.5 Å². The highest BCUT2D eigenvalue weighted by molar-refractivity contribution is 5.98. The van der Waals surface area contributed by atoms with Gasteiger partial charge in [-0.25, -0.2) is 0 Å². The van der Waals surface area contributed by atoms with Gasteiger partial charge in [-0.1, -0.05) is 18.2 Å². The predicted molar refractivity (Wildman–Crippen MR) is 81.9 cm³/mol. The topological polar surface area (TPSA) is 78.7 Å². The predicted octanol–water partition coefficient (Wildman–Crippen LogP) is -0.201. The molecule has 1 aromatic carbocycles. The number of carbonyl (C=O) groups excluding carboxylic acids is 2. The zero-order chi connectivity index (χ0) is 15.2. The van der Waals surface area contributed by atoms with E-state index in [0.29, 0.717) is 0 Å². The summed E-state index contributed by atoms with van der Waals surface area (Å²) in [6.45, 7) is 5.14. The molecule has 21 heavy (non-hydrogen) atoms. The Labute approximate surface area is 124 Å². The largest absolute Gasteiger partial charge is 0.369 e. The molecular weight excluding hydrogens is 268 g/mol. The van der Waals surface area contributed by atoms with E-state index in [1.54, 1.807) is 6.92 Å². The summed E-state index contributed by atoms with van der Waals surface area (Å²) < 4.78 is 0. The van der Waals surface area contributed by atoms with Crippen LogP contribution in [-0.2, 0) is 9.59 Å². The van der Waals surface area contributed by atoms with Gasteiger partial charge in [-0.15, -0.1) is 0 Å². The van der Waals surface area contributed by atoms with Crippen LogP contribution in [-0.4, -0.2) is 55.5 Å². The molecule has 0 bridgehead atoms. The summed E-state index contributed by atoms with van der Waals surface area (Å²) in [5, 5.41) is 2.31. The second-order valence-electron chi connectivity index (χ2n) is 5.30. The lowest BCUT2D eigenvalue weighted by Gasteiger charge is -2.35. The Morgan fingerprint density at radius 3 is 2.38 bits per heavy atom. The first-order valence-electron chi connectivity index (χ1n) is 7.18. The molecule has 1 saturated heterocycles. The summed E-state index contributed by atoms with van der Waals surface area (Å²) in [4.78, 5) is 27.4. The lowest BCUT2D eigenvalue weighted by molar-refractivity contribution is -0.131. The Morgan fingerprint density at radius 2 is 1.81 bits per heavy atom. The number of piperazine rings is 1. The highest BCUT2D eigenvalue weighted by Gasteiger charge is 2.20. The molecule has 1 fully saturated rings. The summed E-state index contributed by atoms with van der Waals surface area (Å²) in [6.07, 6.45) is 0. The number of nitrogens with one attached hydrogen (secondary N) is 1. The van der Waals surface area contributed by atoms with E-state index in [2.05, 4.69) is 22.3 Å². The van der Waals surface area contributed by atoms with Crippen LogP contribution >= 0.6 is 0 Å². The number of rotatable bonds is 4. The van der Waals surface area contributed by atoms with Crippen molar-refractivity contribution in [3.8, 4) is 0 Å². The lowest BCUT2D eigenvalue weighted by Crippen LogP contribution is -2.51. The van der Waals surface area contributed by atoms with Crippen molar-refractivity contribution in [3.63, 3.8) is 0 Å². The molecule has 1 aromatic rings. The number of hydrogen-bond acceptors (Lipinski definition) is 5. The van der Waals surface area contributed by atoms with Crippen LogP contribution in [0, 0.1) is 0 Å². The quantitative estimate of drug-likeness (QED) is 0.803. The molecule has 1 aliphatic heterocycles. The van der Waals surface area contributed by atoms with Gasteiger partial charge in [0.15, 0.2) is 0 Å². The fourth-order valence-corrected chi connectivity index (χ4v) is 2.30. The van der Waals surface area contributed by atoms with Gasteiger partial charge in [-0.05, 0) is 19.1 Å². The third-order valence-corrected chi connectivity index (χ3v) is 3.54. The van der Waals surface area contributed by atoms with Gasteiger partial charge in [0.05, 0.1) is 12.6 Å². The molecule has 0 aliphatic carbocycles. The minimum Gasteiger partial charge on any atom is -0.369 e. The van der Waals surface area contributed by atoms with Gasteiger partial charge in [-0.2, -0.15) is 0 Å². The summed E-state index contributed by atoms with van der Waals surface area (Å²) in [5.74, 6) is -0.714. The number of nitrogens with two attached hydrogens (primary N) is 1. The van der Waals surface area contributed by atoms with Crippen molar-refractivity contribution in [3.05, 3.63) is 30.3 Å². The van der Waals surface area contributed by atoms with Crippen LogP contribution in [0.25, 0.3) is 0 Å². The molecule has 2 amide bonds. The van der Waals surface area contributed by atoms with Crippen LogP contribution < -0.4 is 16.0 Å². The van der Waals surface area contributed by atoms with E-state index < -0.39 is 11.9 Å². The summed E-state index contributed by atoms with van der Waals surface area (Å²) in [7, 11) is 0. The standard InChI is InChI=1S/C15H22N4O2/c1-12(16)15(21)17-14(20)11-18-7-9-19(10-8-18)13-5-3-2-4-6-13/h2-6,12H,7-11,16H2,1H3,(H,17,20,21). The van der Waals surface area contributed by atoms with Crippen molar-refractivity contribution in [2.24, 2.45) is 5.73 Å². The van der Waals surface area contributed by atoms with Crippen LogP contribution in [0.2, 0.25) is 0 Å². The zero-order valence-corrected chi connectivity index (χ0v) is 12.3. The minimum atomic E-state index is -0.663. The SMILES string of the molecule is CC(N)C(=O)NC(=O)CN1CCN(c2ccccc2)CC1. The zero-order valence-electron chi connectivity index (χ0n) is 12.3. The van der Waals surface area contributed by atoms with Crippen molar-refractivity contribution in [1.82, 2.24) is 10.2 Å². The number of hydrogen-bond donors (Lipinski definition) is 2. The number of anilines is 1. The molecular formula is C15H22N4O2. The summed E-state index contributed by atoms with van der Waals surface area (Å²) >= 11 is 0. The van der Waals surface area contributed by atoms with E-state index >= 15 is 0 Å². The van der Waals surface area contributed by atoms with Gasteiger partial charge in [0.1, 0.15) is 0 Å². The van der Waals surface area contributed by atoms with E-state index in [1.165, 1.54) is 5.69 Å². The molecule has 1 aliphatic rings. The molecule has 114 valence electrons. The minimum absolute atomic E-state index is 0.237. The monoisotopic (exact) mass is 290 g/mol. The maximum absolute atomic E-state index is 11.7. The molecule has 3 N–H and O–H groups in total. The van der Waals surface area contributed by atoms with Crippen LogP contribution in [0.5, 0.6) is 0 Å². The van der Waals surface area contributed by atoms with Crippen molar-refractivity contribution in [2.45, 2.75) is 13.0 Å². The Balaban J connectivity index is 1.77. The molecule has 6 heteroatoms. The molecule has 1 heterocycles. The van der Waals surface area contributed by atoms with Gasteiger partial charge in [0, 0.05) is 31.9 Å². The number of imide groups is 1. The van der Waals surface area contributed by atoms with Crippen LogP contribution in [0.15, 0.2) is 30.3 Å². The number of carbonyl (C=O) groups is 2. The van der Waals surface area contributed by atoms with Gasteiger partial charge in [-0.3, -0.25) is 19.8 Å². The number of benzene rings is 1. The Kier molecular flexibility index (Phi) is 5.30. The number of para-hydroxylation sites is 1. The average Bonchev–Trinajstić information content (AvgIpc) is 2.48. The normalized spacial score (nSPS) is 17.3. The Bertz CT molecular complexity index is 482.